The smallest absolute Gasteiger partial charge is 0.0926 e. The van der Waals surface area contributed by atoms with Gasteiger partial charge < -0.3 is 10.8 Å². The van der Waals surface area contributed by atoms with Crippen LogP contribution in [-0.4, -0.2) is 21.5 Å². The van der Waals surface area contributed by atoms with E-state index in [1.807, 2.05) is 24.4 Å². The number of rotatable bonds is 3. The molecule has 74 valence electrons. The highest BCUT2D eigenvalue weighted by Gasteiger charge is 2.00. The molecule has 0 aliphatic heterocycles. The number of nitrogens with two attached hydrogens (primary N) is 1. The zero-order chi connectivity index (χ0) is 9.97. The highest BCUT2D eigenvalue weighted by molar-refractivity contribution is 5.78. The summed E-state index contributed by atoms with van der Waals surface area (Å²) in [5.41, 5.74) is 7.54. The van der Waals surface area contributed by atoms with Crippen molar-refractivity contribution in [2.45, 2.75) is 13.1 Å². The third-order valence-corrected chi connectivity index (χ3v) is 2.18. The number of benzene rings is 1. The molecule has 0 saturated carbocycles. The molecule has 0 unspecified atom stereocenters. The maximum atomic E-state index is 8.76. The van der Waals surface area contributed by atoms with Gasteiger partial charge in [0.15, 0.2) is 0 Å². The molecular weight excluding hydrogens is 178 g/mol. The molecule has 14 heavy (non-hydrogen) atoms. The Bertz CT molecular complexity index is 436. The number of fused-ring (bicyclic) bond motifs is 1. The summed E-state index contributed by atoms with van der Waals surface area (Å²) in [6.45, 7) is 1.17. The van der Waals surface area contributed by atoms with Gasteiger partial charge >= 0.3 is 0 Å². The summed E-state index contributed by atoms with van der Waals surface area (Å²) in [6, 6.07) is 5.97. The molecule has 0 aliphatic carbocycles. The lowest BCUT2D eigenvalue weighted by molar-refractivity contribution is 0.270. The molecule has 0 radical (unpaired) electrons. The fraction of sp³-hybridized carbons (Fsp3) is 0.300. The monoisotopic (exact) mass is 191 g/mol. The van der Waals surface area contributed by atoms with E-state index < -0.39 is 0 Å². The maximum Gasteiger partial charge on any atom is 0.0926 e. The van der Waals surface area contributed by atoms with E-state index in [-0.39, 0.29) is 6.61 Å². The van der Waals surface area contributed by atoms with E-state index in [4.69, 9.17) is 10.8 Å². The van der Waals surface area contributed by atoms with Gasteiger partial charge in [0, 0.05) is 18.1 Å². The normalized spacial score (nSPS) is 11.0. The predicted molar refractivity (Wildman–Crippen MR) is 54.7 cm³/mol. The molecule has 0 bridgehead atoms. The van der Waals surface area contributed by atoms with Crippen molar-refractivity contribution >= 4 is 10.9 Å². The minimum atomic E-state index is 0.109. The lowest BCUT2D eigenvalue weighted by atomic mass is 10.2. The molecule has 0 saturated heterocycles. The van der Waals surface area contributed by atoms with Crippen LogP contribution < -0.4 is 5.73 Å². The topological polar surface area (TPSA) is 64.1 Å². The first-order chi connectivity index (χ1) is 6.83. The van der Waals surface area contributed by atoms with Crippen molar-refractivity contribution in [3.63, 3.8) is 0 Å². The van der Waals surface area contributed by atoms with Gasteiger partial charge in [-0.25, -0.2) is 0 Å². The molecular formula is C10H13N3O. The number of hydrogen-bond donors (Lipinski definition) is 2. The Kier molecular flexibility index (Phi) is 2.47. The van der Waals surface area contributed by atoms with E-state index in [1.54, 1.807) is 4.68 Å². The van der Waals surface area contributed by atoms with Crippen LogP contribution in [0, 0.1) is 0 Å². The van der Waals surface area contributed by atoms with Gasteiger partial charge in [-0.3, -0.25) is 4.68 Å². The van der Waals surface area contributed by atoms with E-state index in [0.717, 1.165) is 16.5 Å². The average molecular weight is 191 g/mol. The van der Waals surface area contributed by atoms with Crippen LogP contribution in [0.25, 0.3) is 10.9 Å². The van der Waals surface area contributed by atoms with Crippen LogP contribution in [0.3, 0.4) is 0 Å². The van der Waals surface area contributed by atoms with Gasteiger partial charge in [0.05, 0.1) is 18.7 Å². The van der Waals surface area contributed by atoms with Gasteiger partial charge in [-0.05, 0) is 11.6 Å². The fourth-order valence-corrected chi connectivity index (χ4v) is 1.46. The van der Waals surface area contributed by atoms with Gasteiger partial charge in [0.25, 0.3) is 0 Å². The number of aliphatic hydroxyl groups is 1. The zero-order valence-corrected chi connectivity index (χ0v) is 7.85. The van der Waals surface area contributed by atoms with Crippen molar-refractivity contribution in [2.75, 3.05) is 6.61 Å². The maximum absolute atomic E-state index is 8.76. The minimum absolute atomic E-state index is 0.109. The van der Waals surface area contributed by atoms with Crippen LogP contribution in [0.2, 0.25) is 0 Å². The van der Waals surface area contributed by atoms with Gasteiger partial charge in [-0.2, -0.15) is 5.10 Å². The Balaban J connectivity index is 2.43. The van der Waals surface area contributed by atoms with Gasteiger partial charge in [0.2, 0.25) is 0 Å². The molecule has 0 spiro atoms. The number of aliphatic hydroxyl groups excluding tert-OH is 1. The van der Waals surface area contributed by atoms with Crippen LogP contribution >= 0.6 is 0 Å². The molecule has 2 rings (SSSR count). The zero-order valence-electron chi connectivity index (χ0n) is 7.85. The lowest BCUT2D eigenvalue weighted by Gasteiger charge is -1.94. The predicted octanol–water partition coefficient (Wildman–Crippen LogP) is 0.487. The summed E-state index contributed by atoms with van der Waals surface area (Å²) in [5, 5.41) is 14.2. The van der Waals surface area contributed by atoms with Crippen LogP contribution in [-0.2, 0) is 13.1 Å². The molecule has 0 aliphatic rings. The first-order valence-corrected chi connectivity index (χ1v) is 4.60. The third kappa shape index (κ3) is 1.62. The lowest BCUT2D eigenvalue weighted by Crippen LogP contribution is -2.01. The number of nitrogens with zero attached hydrogens (tertiary/aromatic N) is 2. The van der Waals surface area contributed by atoms with Crippen molar-refractivity contribution in [3.05, 3.63) is 30.0 Å². The van der Waals surface area contributed by atoms with E-state index in [9.17, 15) is 0 Å². The molecule has 0 amide bonds. The van der Waals surface area contributed by atoms with Gasteiger partial charge in [-0.1, -0.05) is 12.1 Å². The van der Waals surface area contributed by atoms with Crippen molar-refractivity contribution in [1.29, 1.82) is 0 Å². The summed E-state index contributed by atoms with van der Waals surface area (Å²) in [5.74, 6) is 0. The summed E-state index contributed by atoms with van der Waals surface area (Å²) >= 11 is 0. The Morgan fingerprint density at radius 3 is 3.00 bits per heavy atom. The molecule has 3 N–H and O–H groups in total. The molecule has 0 fully saturated rings. The van der Waals surface area contributed by atoms with Crippen molar-refractivity contribution in [2.24, 2.45) is 5.73 Å². The molecule has 1 aromatic carbocycles. The Hall–Kier alpha value is -1.39. The third-order valence-electron chi connectivity index (χ3n) is 2.18. The standard InChI is InChI=1S/C10H13N3O/c11-6-8-1-2-9-7-13(3-4-14)12-10(9)5-8/h1-2,5,7,14H,3-4,6,11H2. The molecule has 4 nitrogen and oxygen atoms in total. The van der Waals surface area contributed by atoms with Crippen molar-refractivity contribution in [1.82, 2.24) is 9.78 Å². The molecule has 1 heterocycles. The first kappa shape index (κ1) is 9.18. The Morgan fingerprint density at radius 1 is 1.43 bits per heavy atom. The second-order valence-electron chi connectivity index (χ2n) is 3.21. The SMILES string of the molecule is NCc1ccc2cn(CCO)nc2c1. The summed E-state index contributed by atoms with van der Waals surface area (Å²) in [4.78, 5) is 0. The van der Waals surface area contributed by atoms with Crippen molar-refractivity contribution < 1.29 is 5.11 Å². The quantitative estimate of drug-likeness (QED) is 0.742. The Morgan fingerprint density at radius 2 is 2.29 bits per heavy atom. The summed E-state index contributed by atoms with van der Waals surface area (Å²) in [7, 11) is 0. The van der Waals surface area contributed by atoms with Crippen LogP contribution in [0.4, 0.5) is 0 Å². The average Bonchev–Trinajstić information content (AvgIpc) is 2.59. The van der Waals surface area contributed by atoms with E-state index >= 15 is 0 Å². The number of aromatic nitrogens is 2. The fourth-order valence-electron chi connectivity index (χ4n) is 1.46. The van der Waals surface area contributed by atoms with Crippen LogP contribution in [0.1, 0.15) is 5.56 Å². The summed E-state index contributed by atoms with van der Waals surface area (Å²) < 4.78 is 1.74. The minimum Gasteiger partial charge on any atom is -0.394 e. The van der Waals surface area contributed by atoms with E-state index in [2.05, 4.69) is 5.10 Å². The van der Waals surface area contributed by atoms with Gasteiger partial charge in [-0.15, -0.1) is 0 Å². The first-order valence-electron chi connectivity index (χ1n) is 4.60. The Labute approximate surface area is 81.9 Å². The highest BCUT2D eigenvalue weighted by atomic mass is 16.3. The molecule has 4 heteroatoms. The molecule has 0 atom stereocenters. The van der Waals surface area contributed by atoms with Crippen LogP contribution in [0.5, 0.6) is 0 Å². The molecule has 1 aromatic heterocycles. The largest absolute Gasteiger partial charge is 0.394 e. The summed E-state index contributed by atoms with van der Waals surface area (Å²) in [6.07, 6.45) is 1.92. The van der Waals surface area contributed by atoms with Gasteiger partial charge in [0.1, 0.15) is 0 Å². The van der Waals surface area contributed by atoms with Crippen molar-refractivity contribution in [3.8, 4) is 0 Å². The highest BCUT2D eigenvalue weighted by Crippen LogP contribution is 2.13. The molecule has 2 aromatic rings. The van der Waals surface area contributed by atoms with Crippen LogP contribution in [0.15, 0.2) is 24.4 Å². The second kappa shape index (κ2) is 3.77. The van der Waals surface area contributed by atoms with E-state index in [0.29, 0.717) is 13.1 Å². The second-order valence-corrected chi connectivity index (χ2v) is 3.21. The number of hydrogen-bond acceptors (Lipinski definition) is 3. The van der Waals surface area contributed by atoms with E-state index in [1.165, 1.54) is 0 Å².